The topological polar surface area (TPSA) is 105 Å². The molecule has 2 aliphatic heterocycles. The minimum Gasteiger partial charge on any atom is -0.494 e. The molecule has 1 aromatic rings. The summed E-state index contributed by atoms with van der Waals surface area (Å²) < 4.78 is 5.39. The molecule has 8 heteroatoms. The lowest BCUT2D eigenvalue weighted by Crippen LogP contribution is -2.50. The monoisotopic (exact) mass is 360 g/mol. The molecule has 2 saturated heterocycles. The van der Waals surface area contributed by atoms with E-state index >= 15 is 0 Å². The maximum Gasteiger partial charge on any atom is 0.251 e. The van der Waals surface area contributed by atoms with Crippen molar-refractivity contribution >= 4 is 23.4 Å². The minimum absolute atomic E-state index is 0.128. The second-order valence-electron chi connectivity index (χ2n) is 6.56. The van der Waals surface area contributed by atoms with Crippen LogP contribution in [0.25, 0.3) is 0 Å². The summed E-state index contributed by atoms with van der Waals surface area (Å²) >= 11 is 0. The molecular weight excluding hydrogens is 336 g/mol. The van der Waals surface area contributed by atoms with E-state index in [0.717, 1.165) is 12.8 Å². The molecule has 2 heterocycles. The van der Waals surface area contributed by atoms with Crippen molar-refractivity contribution < 1.29 is 19.1 Å². The van der Waals surface area contributed by atoms with Gasteiger partial charge in [-0.05, 0) is 50.6 Å². The van der Waals surface area contributed by atoms with Crippen molar-refractivity contribution in [2.75, 3.05) is 24.6 Å². The third kappa shape index (κ3) is 3.56. The molecule has 3 amide bonds. The van der Waals surface area contributed by atoms with Crippen LogP contribution >= 0.6 is 0 Å². The highest BCUT2D eigenvalue weighted by molar-refractivity contribution is 6.22. The predicted molar refractivity (Wildman–Crippen MR) is 95.1 cm³/mol. The van der Waals surface area contributed by atoms with Crippen LogP contribution in [-0.2, 0) is 14.4 Å². The van der Waals surface area contributed by atoms with Crippen LogP contribution in [-0.4, -0.2) is 48.4 Å². The molecule has 3 rings (SSSR count). The van der Waals surface area contributed by atoms with E-state index in [1.165, 1.54) is 4.90 Å². The quantitative estimate of drug-likeness (QED) is 0.341. The van der Waals surface area contributed by atoms with Gasteiger partial charge in [-0.15, -0.1) is 0 Å². The molecule has 0 aromatic heterocycles. The summed E-state index contributed by atoms with van der Waals surface area (Å²) in [7, 11) is 0. The lowest BCUT2D eigenvalue weighted by Gasteiger charge is -2.34. The van der Waals surface area contributed by atoms with Crippen LogP contribution in [0.2, 0.25) is 0 Å². The summed E-state index contributed by atoms with van der Waals surface area (Å²) in [4.78, 5) is 40.3. The average molecular weight is 360 g/mol. The molecule has 0 spiro atoms. The maximum atomic E-state index is 12.9. The van der Waals surface area contributed by atoms with E-state index in [1.807, 2.05) is 11.8 Å². The lowest BCUT2D eigenvalue weighted by atomic mass is 9.95. The zero-order chi connectivity index (χ0) is 18.7. The first kappa shape index (κ1) is 18.3. The van der Waals surface area contributed by atoms with Crippen molar-refractivity contribution in [1.29, 1.82) is 0 Å². The van der Waals surface area contributed by atoms with Gasteiger partial charge >= 0.3 is 0 Å². The molecule has 0 aliphatic carbocycles. The third-order valence-electron chi connectivity index (χ3n) is 4.94. The number of rotatable bonds is 5. The van der Waals surface area contributed by atoms with Crippen LogP contribution < -0.4 is 20.9 Å². The Morgan fingerprint density at radius 2 is 2.04 bits per heavy atom. The number of carbonyl (C=O) groups excluding carboxylic acids is 3. The van der Waals surface area contributed by atoms with Crippen LogP contribution in [0.1, 0.15) is 26.2 Å². The summed E-state index contributed by atoms with van der Waals surface area (Å²) in [5.41, 5.74) is 2.72. The number of piperidine rings is 1. The molecule has 140 valence electrons. The maximum absolute atomic E-state index is 12.9. The number of hydrazine groups is 1. The molecule has 0 saturated carbocycles. The highest BCUT2D eigenvalue weighted by atomic mass is 16.5. The molecule has 1 aromatic carbocycles. The Labute approximate surface area is 152 Å². The van der Waals surface area contributed by atoms with Gasteiger partial charge < -0.3 is 4.74 Å². The largest absolute Gasteiger partial charge is 0.494 e. The van der Waals surface area contributed by atoms with E-state index in [0.29, 0.717) is 31.1 Å². The fourth-order valence-corrected chi connectivity index (χ4v) is 3.65. The number of amides is 3. The predicted octanol–water partition coefficient (Wildman–Crippen LogP) is 0.419. The zero-order valence-electron chi connectivity index (χ0n) is 14.8. The Bertz CT molecular complexity index is 691. The van der Waals surface area contributed by atoms with Gasteiger partial charge in [0.05, 0.1) is 30.7 Å². The van der Waals surface area contributed by atoms with Gasteiger partial charge in [-0.1, -0.05) is 0 Å². The summed E-state index contributed by atoms with van der Waals surface area (Å²) in [6, 6.07) is 6.39. The Morgan fingerprint density at radius 3 is 2.69 bits per heavy atom. The fraction of sp³-hybridized carbons (Fsp3) is 0.500. The molecule has 2 aliphatic rings. The SMILES string of the molecule is CCOc1ccc(N2C(=O)C[C@@H](N3CCC[C@H](C(=O)NN)C3)C2=O)cc1. The Kier molecular flexibility index (Phi) is 5.53. The summed E-state index contributed by atoms with van der Waals surface area (Å²) in [5.74, 6) is 4.97. The highest BCUT2D eigenvalue weighted by Crippen LogP contribution is 2.29. The van der Waals surface area contributed by atoms with Gasteiger partial charge in [0, 0.05) is 6.54 Å². The first-order valence-corrected chi connectivity index (χ1v) is 8.89. The number of hydrogen-bond donors (Lipinski definition) is 2. The number of hydrogen-bond acceptors (Lipinski definition) is 6. The highest BCUT2D eigenvalue weighted by Gasteiger charge is 2.44. The van der Waals surface area contributed by atoms with Gasteiger partial charge in [-0.2, -0.15) is 0 Å². The van der Waals surface area contributed by atoms with Gasteiger partial charge in [0.15, 0.2) is 0 Å². The second-order valence-corrected chi connectivity index (χ2v) is 6.56. The Hall–Kier alpha value is -2.45. The number of nitrogens with two attached hydrogens (primary N) is 1. The minimum atomic E-state index is -0.526. The number of imide groups is 1. The third-order valence-corrected chi connectivity index (χ3v) is 4.94. The number of anilines is 1. The van der Waals surface area contributed by atoms with E-state index in [-0.39, 0.29) is 30.1 Å². The van der Waals surface area contributed by atoms with Crippen molar-refractivity contribution in [1.82, 2.24) is 10.3 Å². The Balaban J connectivity index is 1.73. The number of nitrogens with zero attached hydrogens (tertiary/aromatic N) is 2. The van der Waals surface area contributed by atoms with Crippen LogP contribution in [0.5, 0.6) is 5.75 Å². The van der Waals surface area contributed by atoms with Gasteiger partial charge in [-0.25, -0.2) is 10.7 Å². The van der Waals surface area contributed by atoms with E-state index < -0.39 is 6.04 Å². The van der Waals surface area contributed by atoms with E-state index in [9.17, 15) is 14.4 Å². The number of ether oxygens (including phenoxy) is 1. The van der Waals surface area contributed by atoms with Crippen molar-refractivity contribution in [2.45, 2.75) is 32.2 Å². The number of nitrogens with one attached hydrogen (secondary N) is 1. The summed E-state index contributed by atoms with van der Waals surface area (Å²) in [6.07, 6.45) is 1.65. The molecule has 2 atom stereocenters. The molecule has 0 unspecified atom stereocenters. The van der Waals surface area contributed by atoms with Gasteiger partial charge in [-0.3, -0.25) is 24.7 Å². The number of carbonyl (C=O) groups is 3. The van der Waals surface area contributed by atoms with E-state index in [1.54, 1.807) is 24.3 Å². The van der Waals surface area contributed by atoms with Crippen LogP contribution in [0, 0.1) is 5.92 Å². The number of likely N-dealkylation sites (tertiary alicyclic amines) is 1. The van der Waals surface area contributed by atoms with Crippen LogP contribution in [0.3, 0.4) is 0 Å². The van der Waals surface area contributed by atoms with Gasteiger partial charge in [0.25, 0.3) is 5.91 Å². The molecule has 0 radical (unpaired) electrons. The molecule has 3 N–H and O–H groups in total. The zero-order valence-corrected chi connectivity index (χ0v) is 14.8. The normalized spacial score (nSPS) is 24.0. The molecule has 8 nitrogen and oxygen atoms in total. The summed E-state index contributed by atoms with van der Waals surface area (Å²) in [5, 5.41) is 0. The van der Waals surface area contributed by atoms with Crippen LogP contribution in [0.15, 0.2) is 24.3 Å². The van der Waals surface area contributed by atoms with Gasteiger partial charge in [0.1, 0.15) is 5.75 Å². The van der Waals surface area contributed by atoms with Crippen molar-refractivity contribution in [3.8, 4) is 5.75 Å². The Morgan fingerprint density at radius 1 is 1.31 bits per heavy atom. The first-order valence-electron chi connectivity index (χ1n) is 8.89. The van der Waals surface area contributed by atoms with Crippen molar-refractivity contribution in [3.63, 3.8) is 0 Å². The lowest BCUT2D eigenvalue weighted by molar-refractivity contribution is -0.129. The summed E-state index contributed by atoms with van der Waals surface area (Å²) in [6.45, 7) is 3.57. The first-order chi connectivity index (χ1) is 12.5. The van der Waals surface area contributed by atoms with E-state index in [2.05, 4.69) is 5.43 Å². The average Bonchev–Trinajstić information content (AvgIpc) is 2.96. The number of benzene rings is 1. The molecule has 0 bridgehead atoms. The van der Waals surface area contributed by atoms with E-state index in [4.69, 9.17) is 10.6 Å². The second kappa shape index (κ2) is 7.84. The smallest absolute Gasteiger partial charge is 0.251 e. The van der Waals surface area contributed by atoms with Crippen LogP contribution in [0.4, 0.5) is 5.69 Å². The molecule has 26 heavy (non-hydrogen) atoms. The molecular formula is C18H24N4O4. The standard InChI is InChI=1S/C18H24N4O4/c1-2-26-14-7-5-13(6-8-14)22-16(23)10-15(18(22)25)21-9-3-4-12(11-21)17(24)20-19/h5-8,12,15H,2-4,9-11,19H2,1H3,(H,20,24)/t12-,15+/m0/s1. The molecule has 2 fully saturated rings. The fourth-order valence-electron chi connectivity index (χ4n) is 3.65. The van der Waals surface area contributed by atoms with Crippen molar-refractivity contribution in [2.24, 2.45) is 11.8 Å². The van der Waals surface area contributed by atoms with Crippen molar-refractivity contribution in [3.05, 3.63) is 24.3 Å². The van der Waals surface area contributed by atoms with Gasteiger partial charge in [0.2, 0.25) is 11.8 Å².